The molecule has 1 aromatic heterocycles. The molecule has 0 atom stereocenters. The van der Waals surface area contributed by atoms with E-state index >= 15 is 0 Å². The first-order valence-corrected chi connectivity index (χ1v) is 9.41. The van der Waals surface area contributed by atoms with E-state index in [1.165, 1.54) is 11.3 Å². The van der Waals surface area contributed by atoms with Crippen LogP contribution in [0, 0.1) is 12.3 Å². The van der Waals surface area contributed by atoms with Crippen LogP contribution >= 0.6 is 11.3 Å². The van der Waals surface area contributed by atoms with Crippen LogP contribution in [0.4, 0.5) is 0 Å². The monoisotopic (exact) mass is 364 g/mol. The molecule has 2 aromatic carbocycles. The molecule has 0 fully saturated rings. The number of aromatic nitrogens is 1. The highest BCUT2D eigenvalue weighted by atomic mass is 32.1. The Kier molecular flexibility index (Phi) is 6.24. The largest absolute Gasteiger partial charge is 0.494 e. The number of amides is 1. The second kappa shape index (κ2) is 9.02. The maximum atomic E-state index is 12.4. The van der Waals surface area contributed by atoms with Gasteiger partial charge in [-0.2, -0.15) is 0 Å². The minimum atomic E-state index is -0.0964. The molecule has 5 heteroatoms. The summed E-state index contributed by atoms with van der Waals surface area (Å²) in [6, 6.07) is 13.3. The van der Waals surface area contributed by atoms with Crippen LogP contribution in [0.25, 0.3) is 10.2 Å². The normalized spacial score (nSPS) is 10.4. The Morgan fingerprint density at radius 3 is 3.04 bits per heavy atom. The SMILES string of the molecule is C#CCCCCOc1cccc(CNC(=O)c2ccc3ncsc3c2)c1. The summed E-state index contributed by atoms with van der Waals surface area (Å²) in [5.41, 5.74) is 4.34. The molecule has 0 aliphatic carbocycles. The van der Waals surface area contributed by atoms with Crippen LogP contribution in [0.2, 0.25) is 0 Å². The molecular weight excluding hydrogens is 344 g/mol. The van der Waals surface area contributed by atoms with E-state index in [-0.39, 0.29) is 5.91 Å². The molecule has 3 aromatic rings. The number of benzene rings is 2. The van der Waals surface area contributed by atoms with Crippen molar-refractivity contribution in [2.45, 2.75) is 25.8 Å². The van der Waals surface area contributed by atoms with Crippen LogP contribution in [-0.4, -0.2) is 17.5 Å². The van der Waals surface area contributed by atoms with E-state index in [0.717, 1.165) is 40.8 Å². The Morgan fingerprint density at radius 1 is 1.23 bits per heavy atom. The zero-order valence-electron chi connectivity index (χ0n) is 14.4. The number of ether oxygens (including phenoxy) is 1. The van der Waals surface area contributed by atoms with Gasteiger partial charge in [-0.05, 0) is 48.7 Å². The number of rotatable bonds is 8. The average molecular weight is 364 g/mol. The Morgan fingerprint density at radius 2 is 2.15 bits per heavy atom. The van der Waals surface area contributed by atoms with Gasteiger partial charge in [0.2, 0.25) is 0 Å². The number of carbonyl (C=O) groups is 1. The Bertz CT molecular complexity index is 927. The third kappa shape index (κ3) is 4.84. The van der Waals surface area contributed by atoms with Gasteiger partial charge in [-0.25, -0.2) is 4.98 Å². The van der Waals surface area contributed by atoms with E-state index in [9.17, 15) is 4.79 Å². The van der Waals surface area contributed by atoms with E-state index in [1.807, 2.05) is 36.4 Å². The van der Waals surface area contributed by atoms with Gasteiger partial charge in [0, 0.05) is 18.5 Å². The predicted octanol–water partition coefficient (Wildman–Crippen LogP) is 4.41. The van der Waals surface area contributed by atoms with E-state index < -0.39 is 0 Å². The van der Waals surface area contributed by atoms with Crippen molar-refractivity contribution in [1.82, 2.24) is 10.3 Å². The summed E-state index contributed by atoms with van der Waals surface area (Å²) in [5, 5.41) is 2.95. The number of fused-ring (bicyclic) bond motifs is 1. The predicted molar refractivity (Wildman–Crippen MR) is 105 cm³/mol. The fourth-order valence-corrected chi connectivity index (χ4v) is 3.26. The smallest absolute Gasteiger partial charge is 0.251 e. The number of terminal acetylenes is 1. The molecule has 1 amide bonds. The van der Waals surface area contributed by atoms with Crippen LogP contribution in [0.15, 0.2) is 48.0 Å². The number of hydrogen-bond donors (Lipinski definition) is 1. The molecule has 0 spiro atoms. The third-order valence-electron chi connectivity index (χ3n) is 3.93. The molecule has 1 heterocycles. The quantitative estimate of drug-likeness (QED) is 0.476. The van der Waals surface area contributed by atoms with Gasteiger partial charge in [0.15, 0.2) is 0 Å². The minimum Gasteiger partial charge on any atom is -0.494 e. The van der Waals surface area contributed by atoms with Crippen molar-refractivity contribution in [1.29, 1.82) is 0 Å². The van der Waals surface area contributed by atoms with Gasteiger partial charge in [-0.1, -0.05) is 12.1 Å². The number of hydrogen-bond acceptors (Lipinski definition) is 4. The van der Waals surface area contributed by atoms with Crippen LogP contribution in [-0.2, 0) is 6.54 Å². The molecule has 4 nitrogen and oxygen atoms in total. The molecule has 0 saturated carbocycles. The Labute approximate surface area is 157 Å². The van der Waals surface area contributed by atoms with Crippen molar-refractivity contribution in [3.63, 3.8) is 0 Å². The molecular formula is C21H20N2O2S. The summed E-state index contributed by atoms with van der Waals surface area (Å²) in [6.45, 7) is 1.10. The standard InChI is InChI=1S/C21H20N2O2S/c1-2-3-4-5-11-25-18-8-6-7-16(12-18)14-22-21(24)17-9-10-19-20(13-17)26-15-23-19/h1,6-10,12-13,15H,3-5,11,14H2,(H,22,24). The highest BCUT2D eigenvalue weighted by Crippen LogP contribution is 2.19. The fraction of sp³-hybridized carbons (Fsp3) is 0.238. The molecule has 0 saturated heterocycles. The number of nitrogens with zero attached hydrogens (tertiary/aromatic N) is 1. The second-order valence-electron chi connectivity index (χ2n) is 5.87. The lowest BCUT2D eigenvalue weighted by atomic mass is 10.2. The highest BCUT2D eigenvalue weighted by Gasteiger charge is 2.07. The van der Waals surface area contributed by atoms with Crippen molar-refractivity contribution < 1.29 is 9.53 Å². The topological polar surface area (TPSA) is 51.2 Å². The highest BCUT2D eigenvalue weighted by molar-refractivity contribution is 7.16. The van der Waals surface area contributed by atoms with E-state index in [4.69, 9.17) is 11.2 Å². The molecule has 0 aliphatic heterocycles. The lowest BCUT2D eigenvalue weighted by Gasteiger charge is -2.09. The molecule has 1 N–H and O–H groups in total. The van der Waals surface area contributed by atoms with Gasteiger partial charge in [0.1, 0.15) is 5.75 Å². The van der Waals surface area contributed by atoms with E-state index in [2.05, 4.69) is 16.2 Å². The maximum absolute atomic E-state index is 12.4. The Balaban J connectivity index is 1.53. The number of thiazole rings is 1. The van der Waals surface area contributed by atoms with Gasteiger partial charge >= 0.3 is 0 Å². The van der Waals surface area contributed by atoms with Crippen molar-refractivity contribution in [2.75, 3.05) is 6.61 Å². The number of nitrogens with one attached hydrogen (secondary N) is 1. The molecule has 0 unspecified atom stereocenters. The molecule has 0 bridgehead atoms. The third-order valence-corrected chi connectivity index (χ3v) is 4.72. The second-order valence-corrected chi connectivity index (χ2v) is 6.76. The molecule has 3 rings (SSSR count). The van der Waals surface area contributed by atoms with E-state index in [1.54, 1.807) is 11.6 Å². The molecule has 0 aliphatic rings. The van der Waals surface area contributed by atoms with Gasteiger partial charge in [-0.3, -0.25) is 4.79 Å². The summed E-state index contributed by atoms with van der Waals surface area (Å²) in [7, 11) is 0. The zero-order valence-corrected chi connectivity index (χ0v) is 15.2. The fourth-order valence-electron chi connectivity index (χ4n) is 2.55. The van der Waals surface area contributed by atoms with Crippen LogP contribution in [0.1, 0.15) is 35.2 Å². The Hall–Kier alpha value is -2.84. The van der Waals surface area contributed by atoms with Crippen molar-refractivity contribution in [3.8, 4) is 18.1 Å². The molecule has 26 heavy (non-hydrogen) atoms. The van der Waals surface area contributed by atoms with Crippen LogP contribution < -0.4 is 10.1 Å². The first-order chi connectivity index (χ1) is 12.8. The van der Waals surface area contributed by atoms with Gasteiger partial charge in [0.05, 0.1) is 22.3 Å². The minimum absolute atomic E-state index is 0.0964. The lowest BCUT2D eigenvalue weighted by Crippen LogP contribution is -2.22. The number of carbonyl (C=O) groups excluding carboxylic acids is 1. The first-order valence-electron chi connectivity index (χ1n) is 8.53. The van der Waals surface area contributed by atoms with E-state index in [0.29, 0.717) is 18.7 Å². The average Bonchev–Trinajstić information content (AvgIpc) is 3.14. The van der Waals surface area contributed by atoms with Crippen LogP contribution in [0.5, 0.6) is 5.75 Å². The van der Waals surface area contributed by atoms with Crippen molar-refractivity contribution in [2.24, 2.45) is 0 Å². The summed E-state index contributed by atoms with van der Waals surface area (Å²) < 4.78 is 6.75. The zero-order chi connectivity index (χ0) is 18.2. The maximum Gasteiger partial charge on any atom is 0.251 e. The lowest BCUT2D eigenvalue weighted by molar-refractivity contribution is 0.0951. The first kappa shape index (κ1) is 18.0. The number of unbranched alkanes of at least 4 members (excludes halogenated alkanes) is 2. The summed E-state index contributed by atoms with van der Waals surface area (Å²) >= 11 is 1.53. The molecule has 132 valence electrons. The van der Waals surface area contributed by atoms with Gasteiger partial charge in [-0.15, -0.1) is 23.7 Å². The van der Waals surface area contributed by atoms with Crippen molar-refractivity contribution >= 4 is 27.5 Å². The summed E-state index contributed by atoms with van der Waals surface area (Å²) in [4.78, 5) is 16.6. The van der Waals surface area contributed by atoms with Gasteiger partial charge in [0.25, 0.3) is 5.91 Å². The van der Waals surface area contributed by atoms with Crippen LogP contribution in [0.3, 0.4) is 0 Å². The van der Waals surface area contributed by atoms with Gasteiger partial charge < -0.3 is 10.1 Å². The molecule has 0 radical (unpaired) electrons. The van der Waals surface area contributed by atoms with Crippen molar-refractivity contribution in [3.05, 3.63) is 59.1 Å². The summed E-state index contributed by atoms with van der Waals surface area (Å²) in [5.74, 6) is 3.34. The summed E-state index contributed by atoms with van der Waals surface area (Å²) in [6.07, 6.45) is 7.92.